The van der Waals surface area contributed by atoms with Gasteiger partial charge >= 0.3 is 0 Å². The Labute approximate surface area is 159 Å². The van der Waals surface area contributed by atoms with E-state index >= 15 is 0 Å². The van der Waals surface area contributed by atoms with Gasteiger partial charge < -0.3 is 0 Å². The highest BCUT2D eigenvalue weighted by Crippen LogP contribution is 2.28. The molecule has 0 bridgehead atoms. The molecule has 0 unspecified atom stereocenters. The maximum atomic E-state index is 12.4. The average molecular weight is 414 g/mol. The number of hydrogen-bond donors (Lipinski definition) is 1. The topological polar surface area (TPSA) is 72.0 Å². The number of nitrogens with one attached hydrogen (secondary N) is 1. The molecule has 0 aliphatic carbocycles. The molecule has 3 aromatic rings. The summed E-state index contributed by atoms with van der Waals surface area (Å²) in [6.45, 7) is 0. The van der Waals surface area contributed by atoms with Gasteiger partial charge in [-0.15, -0.1) is 10.2 Å². The summed E-state index contributed by atoms with van der Waals surface area (Å²) in [5.74, 6) is 0. The fraction of sp³-hybridized carbons (Fsp3) is 0.125. The monoisotopic (exact) mass is 413 g/mol. The SMILES string of the molecule is O=S(=O)(Nc1nnc(CCc2ccccc2)s1)c1cc(Cl)ccc1Cl. The van der Waals surface area contributed by atoms with E-state index in [2.05, 4.69) is 14.9 Å². The van der Waals surface area contributed by atoms with Crippen LogP contribution >= 0.6 is 34.5 Å². The van der Waals surface area contributed by atoms with E-state index in [0.717, 1.165) is 11.4 Å². The first kappa shape index (κ1) is 18.1. The molecule has 130 valence electrons. The highest BCUT2D eigenvalue weighted by atomic mass is 35.5. The molecule has 1 heterocycles. The molecule has 2 aromatic carbocycles. The fourth-order valence-electron chi connectivity index (χ4n) is 2.14. The van der Waals surface area contributed by atoms with Crippen LogP contribution in [0, 0.1) is 0 Å². The lowest BCUT2D eigenvalue weighted by molar-refractivity contribution is 0.601. The van der Waals surface area contributed by atoms with E-state index < -0.39 is 10.0 Å². The number of anilines is 1. The number of aromatic nitrogens is 2. The summed E-state index contributed by atoms with van der Waals surface area (Å²) < 4.78 is 27.3. The number of hydrogen-bond acceptors (Lipinski definition) is 5. The number of aryl methyl sites for hydroxylation is 2. The summed E-state index contributed by atoms with van der Waals surface area (Å²) in [7, 11) is -3.88. The molecule has 0 aliphatic rings. The van der Waals surface area contributed by atoms with Gasteiger partial charge in [-0.05, 0) is 30.2 Å². The van der Waals surface area contributed by atoms with Crippen molar-refractivity contribution < 1.29 is 8.42 Å². The van der Waals surface area contributed by atoms with Crippen molar-refractivity contribution in [3.8, 4) is 0 Å². The summed E-state index contributed by atoms with van der Waals surface area (Å²) in [5, 5.41) is 9.24. The molecule has 0 saturated carbocycles. The minimum Gasteiger partial charge on any atom is -0.253 e. The van der Waals surface area contributed by atoms with Crippen molar-refractivity contribution in [2.24, 2.45) is 0 Å². The predicted molar refractivity (Wildman–Crippen MR) is 101 cm³/mol. The molecule has 0 radical (unpaired) electrons. The van der Waals surface area contributed by atoms with Gasteiger partial charge in [0.25, 0.3) is 10.0 Å². The van der Waals surface area contributed by atoms with Gasteiger partial charge in [0, 0.05) is 11.4 Å². The van der Waals surface area contributed by atoms with Crippen molar-refractivity contribution in [3.63, 3.8) is 0 Å². The van der Waals surface area contributed by atoms with E-state index in [4.69, 9.17) is 23.2 Å². The Kier molecular flexibility index (Phi) is 5.58. The van der Waals surface area contributed by atoms with Crippen LogP contribution in [0.3, 0.4) is 0 Å². The Morgan fingerprint density at radius 3 is 2.52 bits per heavy atom. The van der Waals surface area contributed by atoms with Crippen LogP contribution < -0.4 is 4.72 Å². The molecule has 0 aliphatic heterocycles. The third-order valence-corrected chi connectivity index (χ3v) is 6.42. The van der Waals surface area contributed by atoms with Crippen molar-refractivity contribution in [2.45, 2.75) is 17.7 Å². The summed E-state index contributed by atoms with van der Waals surface area (Å²) in [6.07, 6.45) is 1.49. The zero-order chi connectivity index (χ0) is 17.9. The quantitative estimate of drug-likeness (QED) is 0.648. The van der Waals surface area contributed by atoms with Gasteiger partial charge in [-0.2, -0.15) is 0 Å². The predicted octanol–water partition coefficient (Wildman–Crippen LogP) is 4.43. The van der Waals surface area contributed by atoms with E-state index in [0.29, 0.717) is 6.42 Å². The lowest BCUT2D eigenvalue weighted by atomic mass is 10.1. The Morgan fingerprint density at radius 2 is 1.76 bits per heavy atom. The number of halogens is 2. The first-order valence-electron chi connectivity index (χ1n) is 7.28. The van der Waals surface area contributed by atoms with Gasteiger partial charge in [0.2, 0.25) is 5.13 Å². The molecule has 3 rings (SSSR count). The maximum absolute atomic E-state index is 12.4. The van der Waals surface area contributed by atoms with Gasteiger partial charge in [0.1, 0.15) is 9.90 Å². The van der Waals surface area contributed by atoms with Crippen molar-refractivity contribution in [2.75, 3.05) is 4.72 Å². The lowest BCUT2D eigenvalue weighted by Gasteiger charge is -2.06. The minimum atomic E-state index is -3.88. The smallest absolute Gasteiger partial charge is 0.253 e. The van der Waals surface area contributed by atoms with Crippen molar-refractivity contribution in [1.29, 1.82) is 0 Å². The normalized spacial score (nSPS) is 11.4. The molecule has 0 atom stereocenters. The zero-order valence-electron chi connectivity index (χ0n) is 12.8. The number of sulfonamides is 1. The van der Waals surface area contributed by atoms with E-state index in [1.165, 1.54) is 35.1 Å². The molecule has 5 nitrogen and oxygen atoms in total. The third-order valence-electron chi connectivity index (χ3n) is 3.34. The minimum absolute atomic E-state index is 0.0886. The highest BCUT2D eigenvalue weighted by Gasteiger charge is 2.20. The van der Waals surface area contributed by atoms with Crippen LogP contribution in [0.2, 0.25) is 10.0 Å². The number of nitrogens with zero attached hydrogens (tertiary/aromatic N) is 2. The molecule has 0 spiro atoms. The molecular weight excluding hydrogens is 401 g/mol. The molecule has 9 heteroatoms. The van der Waals surface area contributed by atoms with Gasteiger partial charge in [-0.3, -0.25) is 4.72 Å². The Bertz CT molecular complexity index is 976. The van der Waals surface area contributed by atoms with E-state index in [-0.39, 0.29) is 20.1 Å². The van der Waals surface area contributed by atoms with Gasteiger partial charge in [-0.25, -0.2) is 8.42 Å². The fourth-order valence-corrected chi connectivity index (χ4v) is 4.88. The second kappa shape index (κ2) is 7.70. The van der Waals surface area contributed by atoms with Crippen LogP contribution in [0.1, 0.15) is 10.6 Å². The largest absolute Gasteiger partial charge is 0.265 e. The summed E-state index contributed by atoms with van der Waals surface area (Å²) in [5.41, 5.74) is 1.19. The van der Waals surface area contributed by atoms with E-state index in [9.17, 15) is 8.42 Å². The maximum Gasteiger partial charge on any atom is 0.265 e. The van der Waals surface area contributed by atoms with Crippen LogP contribution in [0.15, 0.2) is 53.4 Å². The standard InChI is InChI=1S/C16H13Cl2N3O2S2/c17-12-7-8-13(18)14(10-12)25(22,23)21-16-20-19-15(24-16)9-6-11-4-2-1-3-5-11/h1-5,7-8,10H,6,9H2,(H,20,21). The Balaban J connectivity index is 1.71. The molecule has 1 aromatic heterocycles. The van der Waals surface area contributed by atoms with Crippen LogP contribution in [0.4, 0.5) is 5.13 Å². The molecule has 0 amide bonds. The third kappa shape index (κ3) is 4.70. The summed E-state index contributed by atoms with van der Waals surface area (Å²) in [6, 6.07) is 14.2. The Hall–Kier alpha value is -1.67. The van der Waals surface area contributed by atoms with Crippen molar-refractivity contribution >= 4 is 49.7 Å². The lowest BCUT2D eigenvalue weighted by Crippen LogP contribution is -2.13. The number of rotatable bonds is 6. The first-order chi connectivity index (χ1) is 11.9. The van der Waals surface area contributed by atoms with E-state index in [1.54, 1.807) is 0 Å². The first-order valence-corrected chi connectivity index (χ1v) is 10.3. The van der Waals surface area contributed by atoms with Gasteiger partial charge in [0.15, 0.2) is 0 Å². The average Bonchev–Trinajstić information content (AvgIpc) is 3.03. The molecule has 1 N–H and O–H groups in total. The second-order valence-corrected chi connectivity index (χ2v) is 8.72. The van der Waals surface area contributed by atoms with E-state index in [1.807, 2.05) is 30.3 Å². The van der Waals surface area contributed by atoms with Crippen molar-refractivity contribution in [3.05, 3.63) is 69.1 Å². The summed E-state index contributed by atoms with van der Waals surface area (Å²) >= 11 is 13.0. The van der Waals surface area contributed by atoms with Crippen LogP contribution in [0.5, 0.6) is 0 Å². The van der Waals surface area contributed by atoms with Gasteiger partial charge in [-0.1, -0.05) is 64.9 Å². The zero-order valence-corrected chi connectivity index (χ0v) is 16.0. The molecule has 0 fully saturated rings. The second-order valence-electron chi connectivity index (χ2n) is 5.17. The van der Waals surface area contributed by atoms with Crippen molar-refractivity contribution in [1.82, 2.24) is 10.2 Å². The van der Waals surface area contributed by atoms with Gasteiger partial charge in [0.05, 0.1) is 5.02 Å². The van der Waals surface area contributed by atoms with Crippen LogP contribution in [0.25, 0.3) is 0 Å². The number of benzene rings is 2. The van der Waals surface area contributed by atoms with Crippen LogP contribution in [-0.4, -0.2) is 18.6 Å². The summed E-state index contributed by atoms with van der Waals surface area (Å²) in [4.78, 5) is -0.0947. The molecule has 25 heavy (non-hydrogen) atoms. The molecule has 0 saturated heterocycles. The Morgan fingerprint density at radius 1 is 1.00 bits per heavy atom. The molecular formula is C16H13Cl2N3O2S2. The highest BCUT2D eigenvalue weighted by molar-refractivity contribution is 7.93. The van der Waals surface area contributed by atoms with Crippen LogP contribution in [-0.2, 0) is 22.9 Å².